The molecule has 4 rings (SSSR count). The summed E-state index contributed by atoms with van der Waals surface area (Å²) in [6, 6.07) is 15.2. The fourth-order valence-electron chi connectivity index (χ4n) is 2.48. The Morgan fingerprint density at radius 3 is 2.48 bits per heavy atom. The smallest absolute Gasteiger partial charge is 0.228 e. The van der Waals surface area contributed by atoms with Gasteiger partial charge in [0, 0.05) is 24.2 Å². The van der Waals surface area contributed by atoms with Crippen molar-refractivity contribution in [1.29, 1.82) is 0 Å². The van der Waals surface area contributed by atoms with Crippen LogP contribution in [-0.2, 0) is 0 Å². The molecule has 0 amide bonds. The molecule has 3 aromatic heterocycles. The summed E-state index contributed by atoms with van der Waals surface area (Å²) in [4.78, 5) is 12.7. The third-order valence-electron chi connectivity index (χ3n) is 3.73. The van der Waals surface area contributed by atoms with Crippen molar-refractivity contribution in [3.8, 4) is 11.5 Å². The van der Waals surface area contributed by atoms with Gasteiger partial charge in [0.15, 0.2) is 11.2 Å². The first-order chi connectivity index (χ1) is 11.3. The Balaban J connectivity index is 1.65. The molecule has 0 fully saturated rings. The van der Waals surface area contributed by atoms with Crippen LogP contribution in [0.2, 0.25) is 0 Å². The maximum atomic E-state index is 6.28. The first-order valence-corrected chi connectivity index (χ1v) is 7.29. The summed E-state index contributed by atoms with van der Waals surface area (Å²) in [5.41, 5.74) is 10.4. The van der Waals surface area contributed by atoms with E-state index in [9.17, 15) is 0 Å². The van der Waals surface area contributed by atoms with Gasteiger partial charge in [0.25, 0.3) is 0 Å². The molecule has 0 saturated carbocycles. The molecule has 0 aliphatic rings. The van der Waals surface area contributed by atoms with Gasteiger partial charge in [0.1, 0.15) is 0 Å². The molecule has 2 N–H and O–H groups in total. The number of pyridine rings is 2. The fourth-order valence-corrected chi connectivity index (χ4v) is 2.48. The number of hydrogen-bond acceptors (Lipinski definition) is 5. The van der Waals surface area contributed by atoms with E-state index in [-0.39, 0.29) is 6.04 Å². The molecule has 0 radical (unpaired) electrons. The van der Waals surface area contributed by atoms with E-state index >= 15 is 0 Å². The lowest BCUT2D eigenvalue weighted by Gasteiger charge is -2.12. The van der Waals surface area contributed by atoms with Gasteiger partial charge in [-0.1, -0.05) is 18.2 Å². The minimum absolute atomic E-state index is 0.206. The van der Waals surface area contributed by atoms with Gasteiger partial charge in [-0.2, -0.15) is 4.98 Å². The number of nitrogens with two attached hydrogens (primary N) is 1. The minimum Gasteiger partial charge on any atom is -0.434 e. The van der Waals surface area contributed by atoms with Crippen molar-refractivity contribution < 1.29 is 4.42 Å². The first-order valence-electron chi connectivity index (χ1n) is 7.29. The second kappa shape index (κ2) is 5.62. The molecule has 1 aromatic carbocycles. The summed E-state index contributed by atoms with van der Waals surface area (Å²) in [6.45, 7) is 0. The van der Waals surface area contributed by atoms with Crippen LogP contribution >= 0.6 is 0 Å². The van der Waals surface area contributed by atoms with Crippen LogP contribution in [0.15, 0.2) is 71.5 Å². The maximum absolute atomic E-state index is 6.28. The van der Waals surface area contributed by atoms with Crippen molar-refractivity contribution in [3.05, 3.63) is 78.2 Å². The Morgan fingerprint density at radius 2 is 1.74 bits per heavy atom. The summed E-state index contributed by atoms with van der Waals surface area (Å²) in [5, 5.41) is 0. The van der Waals surface area contributed by atoms with Gasteiger partial charge in [-0.3, -0.25) is 4.98 Å². The lowest BCUT2D eigenvalue weighted by molar-refractivity contribution is 0.619. The minimum atomic E-state index is -0.206. The number of nitrogens with zero attached hydrogens (tertiary/aromatic N) is 3. The Labute approximate surface area is 132 Å². The summed E-state index contributed by atoms with van der Waals surface area (Å²) < 4.78 is 5.72. The van der Waals surface area contributed by atoms with Gasteiger partial charge in [-0.15, -0.1) is 0 Å². The fraction of sp³-hybridized carbons (Fsp3) is 0.0556. The second-order valence-corrected chi connectivity index (χ2v) is 5.23. The zero-order valence-electron chi connectivity index (χ0n) is 12.3. The lowest BCUT2D eigenvalue weighted by Crippen LogP contribution is -2.11. The van der Waals surface area contributed by atoms with E-state index in [1.165, 1.54) is 0 Å². The molecule has 23 heavy (non-hydrogen) atoms. The van der Waals surface area contributed by atoms with Crippen LogP contribution in [0.3, 0.4) is 0 Å². The highest BCUT2D eigenvalue weighted by atomic mass is 16.3. The third kappa shape index (κ3) is 2.58. The lowest BCUT2D eigenvalue weighted by atomic mass is 10.00. The molecule has 0 bridgehead atoms. The number of rotatable bonds is 3. The molecular formula is C18H14N4O. The number of hydrogen-bond donors (Lipinski definition) is 1. The van der Waals surface area contributed by atoms with Crippen molar-refractivity contribution in [2.45, 2.75) is 6.04 Å². The van der Waals surface area contributed by atoms with Gasteiger partial charge in [0.05, 0.1) is 6.04 Å². The molecule has 1 atom stereocenters. The summed E-state index contributed by atoms with van der Waals surface area (Å²) in [6.07, 6.45) is 5.22. The van der Waals surface area contributed by atoms with E-state index in [2.05, 4.69) is 15.0 Å². The van der Waals surface area contributed by atoms with Crippen molar-refractivity contribution in [3.63, 3.8) is 0 Å². The van der Waals surface area contributed by atoms with Crippen LogP contribution in [0.25, 0.3) is 22.7 Å². The van der Waals surface area contributed by atoms with Crippen molar-refractivity contribution >= 4 is 11.2 Å². The molecule has 0 aliphatic heterocycles. The molecular weight excluding hydrogens is 288 g/mol. The zero-order valence-corrected chi connectivity index (χ0v) is 12.3. The van der Waals surface area contributed by atoms with Crippen LogP contribution < -0.4 is 5.73 Å². The van der Waals surface area contributed by atoms with Gasteiger partial charge >= 0.3 is 0 Å². The molecule has 0 aliphatic carbocycles. The van der Waals surface area contributed by atoms with Crippen LogP contribution in [0.4, 0.5) is 0 Å². The van der Waals surface area contributed by atoms with Gasteiger partial charge < -0.3 is 10.2 Å². The highest BCUT2D eigenvalue weighted by Crippen LogP contribution is 2.25. The average Bonchev–Trinajstić information content (AvgIpc) is 3.06. The van der Waals surface area contributed by atoms with Gasteiger partial charge in [-0.05, 0) is 41.5 Å². The van der Waals surface area contributed by atoms with E-state index in [0.717, 1.165) is 16.7 Å². The SMILES string of the molecule is NC(c1ccc(-c2nc3ncccc3o2)cc1)c1cccnc1. The standard InChI is InChI=1S/C18H14N4O/c19-16(14-3-1-9-20-11-14)12-5-7-13(8-6-12)18-22-17-15(23-18)4-2-10-21-17/h1-11,16H,19H2. The van der Waals surface area contributed by atoms with E-state index in [0.29, 0.717) is 17.1 Å². The predicted octanol–water partition coefficient (Wildman–Crippen LogP) is 3.33. The molecule has 1 unspecified atom stereocenters. The average molecular weight is 302 g/mol. The van der Waals surface area contributed by atoms with E-state index in [1.807, 2.05) is 48.5 Å². The second-order valence-electron chi connectivity index (χ2n) is 5.23. The summed E-state index contributed by atoms with van der Waals surface area (Å²) in [5.74, 6) is 0.556. The van der Waals surface area contributed by atoms with Crippen molar-refractivity contribution in [1.82, 2.24) is 15.0 Å². The molecule has 4 aromatic rings. The quantitative estimate of drug-likeness (QED) is 0.628. The molecule has 3 heterocycles. The molecule has 112 valence electrons. The topological polar surface area (TPSA) is 77.8 Å². The summed E-state index contributed by atoms with van der Waals surface area (Å²) >= 11 is 0. The number of aromatic nitrogens is 3. The Hall–Kier alpha value is -3.05. The highest BCUT2D eigenvalue weighted by molar-refractivity contribution is 5.71. The largest absolute Gasteiger partial charge is 0.434 e. The molecule has 0 spiro atoms. The van der Waals surface area contributed by atoms with Gasteiger partial charge in [0.2, 0.25) is 5.89 Å². The zero-order chi connectivity index (χ0) is 15.6. The number of oxazole rings is 1. The van der Waals surface area contributed by atoms with Crippen LogP contribution in [-0.4, -0.2) is 15.0 Å². The summed E-state index contributed by atoms with van der Waals surface area (Å²) in [7, 11) is 0. The van der Waals surface area contributed by atoms with Crippen LogP contribution in [0.5, 0.6) is 0 Å². The molecule has 5 nitrogen and oxygen atoms in total. The van der Waals surface area contributed by atoms with Gasteiger partial charge in [-0.25, -0.2) is 4.98 Å². The van der Waals surface area contributed by atoms with Crippen molar-refractivity contribution in [2.75, 3.05) is 0 Å². The van der Waals surface area contributed by atoms with E-state index in [4.69, 9.17) is 10.2 Å². The first kappa shape index (κ1) is 13.6. The third-order valence-corrected chi connectivity index (χ3v) is 3.73. The highest BCUT2D eigenvalue weighted by Gasteiger charge is 2.11. The van der Waals surface area contributed by atoms with E-state index < -0.39 is 0 Å². The number of benzene rings is 1. The van der Waals surface area contributed by atoms with Crippen LogP contribution in [0.1, 0.15) is 17.2 Å². The molecule has 5 heteroatoms. The normalized spacial score (nSPS) is 12.4. The molecule has 0 saturated heterocycles. The van der Waals surface area contributed by atoms with Crippen LogP contribution in [0, 0.1) is 0 Å². The van der Waals surface area contributed by atoms with Crippen molar-refractivity contribution in [2.24, 2.45) is 5.73 Å². The Morgan fingerprint density at radius 1 is 0.913 bits per heavy atom. The Bertz CT molecular complexity index is 899. The predicted molar refractivity (Wildman–Crippen MR) is 87.5 cm³/mol. The number of fused-ring (bicyclic) bond motifs is 1. The Kier molecular flexibility index (Phi) is 3.33. The maximum Gasteiger partial charge on any atom is 0.228 e. The van der Waals surface area contributed by atoms with E-state index in [1.54, 1.807) is 18.6 Å². The monoisotopic (exact) mass is 302 g/mol.